The Balaban J connectivity index is 1.93. The minimum absolute atomic E-state index is 0.152. The van der Waals surface area contributed by atoms with E-state index in [2.05, 4.69) is 29.5 Å². The third-order valence-corrected chi connectivity index (χ3v) is 3.87. The molecule has 3 nitrogen and oxygen atoms in total. The number of nitrogens with one attached hydrogen (secondary N) is 1. The second-order valence-electron chi connectivity index (χ2n) is 4.95. The van der Waals surface area contributed by atoms with E-state index in [4.69, 9.17) is 4.74 Å². The number of hydrogen-bond donors (Lipinski definition) is 1. The molecule has 2 rings (SSSR count). The Labute approximate surface area is 108 Å². The zero-order valence-corrected chi connectivity index (χ0v) is 11.7. The second-order valence-corrected chi connectivity index (χ2v) is 5.84. The van der Waals surface area contributed by atoms with Crippen LogP contribution in [0.3, 0.4) is 0 Å². The smallest absolute Gasteiger partial charge is 0.122 e. The van der Waals surface area contributed by atoms with Crippen LogP contribution in [0.5, 0.6) is 0 Å². The Hall–Kier alpha value is -0.450. The molecule has 1 atom stereocenters. The lowest BCUT2D eigenvalue weighted by atomic mass is 10.1. The molecule has 0 aliphatic heterocycles. The average molecular weight is 254 g/mol. The number of aromatic nitrogens is 1. The number of hydrogen-bond acceptors (Lipinski definition) is 4. The third-order valence-electron chi connectivity index (χ3n) is 2.91. The fourth-order valence-corrected chi connectivity index (χ4v) is 2.84. The zero-order valence-electron chi connectivity index (χ0n) is 10.9. The normalized spacial score (nSPS) is 17.6. The van der Waals surface area contributed by atoms with Gasteiger partial charge in [0, 0.05) is 24.6 Å². The summed E-state index contributed by atoms with van der Waals surface area (Å²) in [7, 11) is 0. The highest BCUT2D eigenvalue weighted by Gasteiger charge is 2.22. The number of ether oxygens (including phenoxy) is 1. The Morgan fingerprint density at radius 3 is 2.88 bits per heavy atom. The van der Waals surface area contributed by atoms with Gasteiger partial charge in [0.1, 0.15) is 11.1 Å². The SMILES string of the molecule is CCOC(c1nc(CNC2CC2)cs1)C(C)C. The van der Waals surface area contributed by atoms with Crippen molar-refractivity contribution in [3.8, 4) is 0 Å². The predicted molar refractivity (Wildman–Crippen MR) is 71.2 cm³/mol. The molecule has 0 bridgehead atoms. The molecule has 1 aromatic rings. The Morgan fingerprint density at radius 1 is 1.53 bits per heavy atom. The maximum atomic E-state index is 5.77. The van der Waals surface area contributed by atoms with Crippen LogP contribution in [0.1, 0.15) is 50.4 Å². The molecule has 1 fully saturated rings. The van der Waals surface area contributed by atoms with Crippen molar-refractivity contribution in [2.75, 3.05) is 6.61 Å². The lowest BCUT2D eigenvalue weighted by molar-refractivity contribution is 0.0292. The van der Waals surface area contributed by atoms with E-state index in [1.165, 1.54) is 12.8 Å². The van der Waals surface area contributed by atoms with Gasteiger partial charge in [-0.1, -0.05) is 13.8 Å². The standard InChI is InChI=1S/C13H22N2OS/c1-4-16-12(9(2)3)13-15-11(8-17-13)7-14-10-5-6-10/h8-10,12,14H,4-7H2,1-3H3. The quantitative estimate of drug-likeness (QED) is 0.811. The lowest BCUT2D eigenvalue weighted by Gasteiger charge is -2.18. The molecular weight excluding hydrogens is 232 g/mol. The molecular formula is C13H22N2OS. The van der Waals surface area contributed by atoms with Crippen molar-refractivity contribution in [2.24, 2.45) is 5.92 Å². The molecule has 17 heavy (non-hydrogen) atoms. The van der Waals surface area contributed by atoms with E-state index in [0.717, 1.165) is 29.9 Å². The van der Waals surface area contributed by atoms with Crippen molar-refractivity contribution < 1.29 is 4.74 Å². The summed E-state index contributed by atoms with van der Waals surface area (Å²) in [6, 6.07) is 0.743. The van der Waals surface area contributed by atoms with Crippen LogP contribution in [0.15, 0.2) is 5.38 Å². The van der Waals surface area contributed by atoms with Crippen LogP contribution in [0.2, 0.25) is 0 Å². The van der Waals surface area contributed by atoms with Crippen LogP contribution >= 0.6 is 11.3 Å². The van der Waals surface area contributed by atoms with E-state index in [9.17, 15) is 0 Å². The number of nitrogens with zero attached hydrogens (tertiary/aromatic N) is 1. The summed E-state index contributed by atoms with van der Waals surface area (Å²) in [4.78, 5) is 4.68. The van der Waals surface area contributed by atoms with Crippen LogP contribution < -0.4 is 5.32 Å². The van der Waals surface area contributed by atoms with Crippen molar-refractivity contribution in [3.63, 3.8) is 0 Å². The molecule has 0 aromatic carbocycles. The summed E-state index contributed by atoms with van der Waals surface area (Å²) in [5, 5.41) is 6.76. The minimum atomic E-state index is 0.152. The summed E-state index contributed by atoms with van der Waals surface area (Å²) in [5.41, 5.74) is 1.15. The van der Waals surface area contributed by atoms with Gasteiger partial charge in [-0.3, -0.25) is 0 Å². The van der Waals surface area contributed by atoms with E-state index in [0.29, 0.717) is 5.92 Å². The van der Waals surface area contributed by atoms with Gasteiger partial charge in [0.15, 0.2) is 0 Å². The highest BCUT2D eigenvalue weighted by atomic mass is 32.1. The molecule has 1 heterocycles. The second kappa shape index (κ2) is 5.94. The first-order valence-electron chi connectivity index (χ1n) is 6.50. The molecule has 1 aliphatic carbocycles. The van der Waals surface area contributed by atoms with Crippen LogP contribution in [-0.4, -0.2) is 17.6 Å². The van der Waals surface area contributed by atoms with E-state index in [-0.39, 0.29) is 6.10 Å². The van der Waals surface area contributed by atoms with Gasteiger partial charge in [0.2, 0.25) is 0 Å². The van der Waals surface area contributed by atoms with Crippen molar-refractivity contribution in [1.29, 1.82) is 0 Å². The summed E-state index contributed by atoms with van der Waals surface area (Å²) in [6.45, 7) is 8.06. The predicted octanol–water partition coefficient (Wildman–Crippen LogP) is 3.13. The van der Waals surface area contributed by atoms with Gasteiger partial charge in [-0.25, -0.2) is 4.98 Å². The number of thiazole rings is 1. The zero-order chi connectivity index (χ0) is 12.3. The van der Waals surface area contributed by atoms with Gasteiger partial charge in [0.25, 0.3) is 0 Å². The van der Waals surface area contributed by atoms with Crippen LogP contribution in [0, 0.1) is 5.92 Å². The first-order valence-corrected chi connectivity index (χ1v) is 7.38. The van der Waals surface area contributed by atoms with E-state index in [1.54, 1.807) is 11.3 Å². The fourth-order valence-electron chi connectivity index (χ4n) is 1.80. The number of rotatable bonds is 7. The topological polar surface area (TPSA) is 34.1 Å². The highest BCUT2D eigenvalue weighted by molar-refractivity contribution is 7.09. The molecule has 0 spiro atoms. The maximum Gasteiger partial charge on any atom is 0.122 e. The Morgan fingerprint density at radius 2 is 2.29 bits per heavy atom. The van der Waals surface area contributed by atoms with Gasteiger partial charge < -0.3 is 10.1 Å². The van der Waals surface area contributed by atoms with Crippen molar-refractivity contribution in [1.82, 2.24) is 10.3 Å². The first-order chi connectivity index (χ1) is 8.20. The summed E-state index contributed by atoms with van der Waals surface area (Å²) < 4.78 is 5.77. The maximum absolute atomic E-state index is 5.77. The monoisotopic (exact) mass is 254 g/mol. The lowest BCUT2D eigenvalue weighted by Crippen LogP contribution is -2.16. The molecule has 4 heteroatoms. The van der Waals surface area contributed by atoms with Crippen LogP contribution in [0.4, 0.5) is 0 Å². The summed E-state index contributed by atoms with van der Waals surface area (Å²) in [5.74, 6) is 0.477. The molecule has 1 unspecified atom stereocenters. The molecule has 0 amide bonds. The minimum Gasteiger partial charge on any atom is -0.371 e. The van der Waals surface area contributed by atoms with Crippen molar-refractivity contribution in [3.05, 3.63) is 16.1 Å². The Bertz CT molecular complexity index is 347. The largest absolute Gasteiger partial charge is 0.371 e. The van der Waals surface area contributed by atoms with Gasteiger partial charge in [-0.05, 0) is 25.7 Å². The van der Waals surface area contributed by atoms with Crippen LogP contribution in [0.25, 0.3) is 0 Å². The molecule has 96 valence electrons. The van der Waals surface area contributed by atoms with Crippen molar-refractivity contribution in [2.45, 2.75) is 52.3 Å². The Kier molecular flexibility index (Phi) is 4.54. The fraction of sp³-hybridized carbons (Fsp3) is 0.769. The molecule has 1 aromatic heterocycles. The molecule has 0 saturated heterocycles. The molecule has 1 N–H and O–H groups in total. The summed E-state index contributed by atoms with van der Waals surface area (Å²) >= 11 is 1.72. The molecule has 0 radical (unpaired) electrons. The highest BCUT2D eigenvalue weighted by Crippen LogP contribution is 2.28. The van der Waals surface area contributed by atoms with E-state index >= 15 is 0 Å². The van der Waals surface area contributed by atoms with Gasteiger partial charge in [0.05, 0.1) is 5.69 Å². The molecule has 1 saturated carbocycles. The first kappa shape index (κ1) is 13.0. The van der Waals surface area contributed by atoms with Gasteiger partial charge in [-0.2, -0.15) is 0 Å². The van der Waals surface area contributed by atoms with Crippen molar-refractivity contribution >= 4 is 11.3 Å². The van der Waals surface area contributed by atoms with E-state index in [1.807, 2.05) is 6.92 Å². The average Bonchev–Trinajstić information content (AvgIpc) is 3.01. The molecule has 1 aliphatic rings. The van der Waals surface area contributed by atoms with Gasteiger partial charge >= 0.3 is 0 Å². The van der Waals surface area contributed by atoms with E-state index < -0.39 is 0 Å². The summed E-state index contributed by atoms with van der Waals surface area (Å²) in [6.07, 6.45) is 2.80. The van der Waals surface area contributed by atoms with Gasteiger partial charge in [-0.15, -0.1) is 11.3 Å². The third kappa shape index (κ3) is 3.76. The van der Waals surface area contributed by atoms with Crippen LogP contribution in [-0.2, 0) is 11.3 Å².